The van der Waals surface area contributed by atoms with E-state index in [-0.39, 0.29) is 49.5 Å². The number of H-pyrrole nitrogens is 1. The number of aromatic nitrogens is 5. The van der Waals surface area contributed by atoms with Gasteiger partial charge in [0.15, 0.2) is 5.82 Å². The summed E-state index contributed by atoms with van der Waals surface area (Å²) in [6, 6.07) is 2.06. The number of fused-ring (bicyclic) bond motifs is 7. The number of aryl methyl sites for hydroxylation is 1. The van der Waals surface area contributed by atoms with Crippen molar-refractivity contribution in [2.45, 2.75) is 62.3 Å². The van der Waals surface area contributed by atoms with Crippen molar-refractivity contribution >= 4 is 33.8 Å². The zero-order chi connectivity index (χ0) is 31.7. The quantitative estimate of drug-likeness (QED) is 0.317. The Morgan fingerprint density at radius 1 is 1.13 bits per heavy atom. The second-order valence-electron chi connectivity index (χ2n) is 13.4. The lowest BCUT2D eigenvalue weighted by atomic mass is 9.89. The molecule has 10 rings (SSSR count). The molecule has 0 spiro atoms. The minimum atomic E-state index is -0.915. The summed E-state index contributed by atoms with van der Waals surface area (Å²) in [6.07, 6.45) is 5.31. The van der Waals surface area contributed by atoms with Crippen molar-refractivity contribution in [3.05, 3.63) is 35.4 Å². The summed E-state index contributed by atoms with van der Waals surface area (Å²) >= 11 is 0. The monoisotopic (exact) mass is 647 g/mol. The van der Waals surface area contributed by atoms with E-state index in [2.05, 4.69) is 26.1 Å². The van der Waals surface area contributed by atoms with E-state index in [1.165, 1.54) is 0 Å². The number of ether oxygens (including phenoxy) is 4. The molecule has 3 fully saturated rings. The first-order valence-corrected chi connectivity index (χ1v) is 16.5. The Kier molecular flexibility index (Phi) is 6.93. The van der Waals surface area contributed by atoms with Gasteiger partial charge in [0.05, 0.1) is 49.0 Å². The van der Waals surface area contributed by atoms with Gasteiger partial charge in [-0.3, -0.25) is 15.0 Å². The Morgan fingerprint density at radius 3 is 3.00 bits per heavy atom. The third-order valence-corrected chi connectivity index (χ3v) is 10.6. The van der Waals surface area contributed by atoms with Gasteiger partial charge in [-0.15, -0.1) is 0 Å². The fraction of sp³-hybridized carbons (Fsp3) is 0.545. The van der Waals surface area contributed by atoms with E-state index in [9.17, 15) is 9.18 Å². The number of aromatic amines is 1. The Labute approximate surface area is 268 Å². The van der Waals surface area contributed by atoms with E-state index in [0.717, 1.165) is 54.3 Å². The lowest BCUT2D eigenvalue weighted by Crippen LogP contribution is -2.43. The van der Waals surface area contributed by atoms with Gasteiger partial charge in [-0.05, 0) is 61.8 Å². The zero-order valence-corrected chi connectivity index (χ0v) is 25.8. The van der Waals surface area contributed by atoms with Crippen LogP contribution >= 0.6 is 0 Å². The molecule has 12 nitrogen and oxygen atoms in total. The SMILES string of the molecule is O=C1OCC[C@@H]2CCc3cc4[nH]ncc4c(c32)-c2ncc3c(nc(OC[C@@]45CCCN4C[C@H](F)C5)nc3c2F)N2CCOC[C@H](C2)O1. The molecule has 14 heteroatoms. The van der Waals surface area contributed by atoms with Gasteiger partial charge in [0.2, 0.25) is 0 Å². The fourth-order valence-corrected chi connectivity index (χ4v) is 8.50. The summed E-state index contributed by atoms with van der Waals surface area (Å²) < 4.78 is 55.0. The van der Waals surface area contributed by atoms with Crippen LogP contribution in [0.4, 0.5) is 19.4 Å². The second-order valence-corrected chi connectivity index (χ2v) is 13.4. The van der Waals surface area contributed by atoms with Gasteiger partial charge in [0, 0.05) is 36.7 Å². The average Bonchev–Trinajstić information content (AvgIpc) is 3.80. The Hall–Kier alpha value is -4.17. The third kappa shape index (κ3) is 4.86. The number of carbonyl (C=O) groups is 1. The molecule has 246 valence electrons. The summed E-state index contributed by atoms with van der Waals surface area (Å²) in [6.45, 7) is 2.70. The molecule has 3 saturated heterocycles. The molecule has 3 aromatic heterocycles. The van der Waals surface area contributed by atoms with Gasteiger partial charge in [-0.1, -0.05) is 0 Å². The van der Waals surface area contributed by atoms with Crippen molar-refractivity contribution in [2.24, 2.45) is 0 Å². The first-order valence-electron chi connectivity index (χ1n) is 16.5. The van der Waals surface area contributed by atoms with E-state index >= 15 is 4.39 Å². The third-order valence-electron chi connectivity index (χ3n) is 10.6. The molecule has 0 saturated carbocycles. The van der Waals surface area contributed by atoms with Crippen molar-refractivity contribution in [2.75, 3.05) is 57.5 Å². The minimum Gasteiger partial charge on any atom is -0.461 e. The highest BCUT2D eigenvalue weighted by atomic mass is 19.1. The van der Waals surface area contributed by atoms with E-state index in [1.807, 2.05) is 4.90 Å². The molecule has 0 radical (unpaired) electrons. The number of hydrogen-bond acceptors (Lipinski definition) is 11. The fourth-order valence-electron chi connectivity index (χ4n) is 8.50. The first kappa shape index (κ1) is 29.0. The molecule has 8 heterocycles. The number of pyridine rings is 1. The smallest absolute Gasteiger partial charge is 0.461 e. The highest BCUT2D eigenvalue weighted by Crippen LogP contribution is 2.47. The Bertz CT molecular complexity index is 1890. The van der Waals surface area contributed by atoms with Crippen molar-refractivity contribution in [3.63, 3.8) is 0 Å². The maximum Gasteiger partial charge on any atom is 0.508 e. The molecular formula is C33H35F2N7O5. The number of carbonyl (C=O) groups excluding carboxylic acids is 1. The van der Waals surface area contributed by atoms with E-state index in [0.29, 0.717) is 49.3 Å². The van der Waals surface area contributed by atoms with Gasteiger partial charge in [-0.2, -0.15) is 15.1 Å². The van der Waals surface area contributed by atoms with E-state index in [1.54, 1.807) is 12.4 Å². The minimum absolute atomic E-state index is 0.000122. The van der Waals surface area contributed by atoms with Crippen LogP contribution in [0, 0.1) is 5.82 Å². The maximum atomic E-state index is 17.2. The topological polar surface area (TPSA) is 128 Å². The van der Waals surface area contributed by atoms with Crippen LogP contribution in [0.5, 0.6) is 6.01 Å². The molecule has 1 aliphatic carbocycles. The molecule has 4 atom stereocenters. The number of hydrogen-bond donors (Lipinski definition) is 1. The summed E-state index contributed by atoms with van der Waals surface area (Å²) in [7, 11) is 0. The van der Waals surface area contributed by atoms with Crippen LogP contribution in [-0.2, 0) is 20.6 Å². The number of rotatable bonds is 3. The second kappa shape index (κ2) is 11.2. The summed E-state index contributed by atoms with van der Waals surface area (Å²) in [4.78, 5) is 31.1. The maximum absolute atomic E-state index is 17.2. The summed E-state index contributed by atoms with van der Waals surface area (Å²) in [5.74, 6) is -0.184. The van der Waals surface area contributed by atoms with Crippen LogP contribution in [0.15, 0.2) is 18.5 Å². The van der Waals surface area contributed by atoms with Gasteiger partial charge in [0.25, 0.3) is 0 Å². The normalized spacial score (nSPS) is 27.7. The molecule has 47 heavy (non-hydrogen) atoms. The molecular weight excluding hydrogens is 612 g/mol. The lowest BCUT2D eigenvalue weighted by Gasteiger charge is -2.31. The Morgan fingerprint density at radius 2 is 2.06 bits per heavy atom. The standard InChI is InChI=1S/C33H35F2N7O5/c34-20-11-33(5-1-6-42(33)14-20)17-46-31-38-28-23-12-36-29(27(28)35)26-22-13-37-40-24(22)10-19-3-2-18(25(19)26)4-8-45-32(43)47-21-15-41(30(23)39-31)7-9-44-16-21/h10,12-13,18,20-21H,1-9,11,14-17H2,(H,37,40)/t18-,20+,21-,33-/m0/s1. The van der Waals surface area contributed by atoms with Crippen LogP contribution in [-0.4, -0.2) is 107 Å². The summed E-state index contributed by atoms with van der Waals surface area (Å²) in [5, 5.41) is 8.46. The predicted octanol–water partition coefficient (Wildman–Crippen LogP) is 4.45. The number of nitrogens with one attached hydrogen (secondary N) is 1. The number of halogens is 2. The molecule has 6 bridgehead atoms. The highest BCUT2D eigenvalue weighted by molar-refractivity contribution is 6.00. The highest BCUT2D eigenvalue weighted by Gasteiger charge is 2.49. The van der Waals surface area contributed by atoms with Crippen molar-refractivity contribution < 1.29 is 32.5 Å². The van der Waals surface area contributed by atoms with Crippen molar-refractivity contribution in [3.8, 4) is 17.3 Å². The molecule has 1 aromatic carbocycles. The number of alkyl halides is 1. The van der Waals surface area contributed by atoms with Crippen LogP contribution in [0.25, 0.3) is 33.1 Å². The molecule has 1 N–H and O–H groups in total. The average molecular weight is 648 g/mol. The van der Waals surface area contributed by atoms with Crippen LogP contribution < -0.4 is 9.64 Å². The van der Waals surface area contributed by atoms with Crippen molar-refractivity contribution in [1.29, 1.82) is 0 Å². The lowest BCUT2D eigenvalue weighted by molar-refractivity contribution is -0.00504. The van der Waals surface area contributed by atoms with Gasteiger partial charge in [-0.25, -0.2) is 13.6 Å². The number of nitrogens with zero attached hydrogens (tertiary/aromatic N) is 6. The number of anilines is 1. The van der Waals surface area contributed by atoms with E-state index in [4.69, 9.17) is 28.9 Å². The molecule has 5 aliphatic heterocycles. The van der Waals surface area contributed by atoms with E-state index < -0.39 is 29.8 Å². The largest absolute Gasteiger partial charge is 0.508 e. The van der Waals surface area contributed by atoms with Crippen LogP contribution in [0.1, 0.15) is 49.1 Å². The zero-order valence-electron chi connectivity index (χ0n) is 25.8. The molecule has 0 unspecified atom stereocenters. The predicted molar refractivity (Wildman–Crippen MR) is 166 cm³/mol. The molecule has 0 amide bonds. The first-order chi connectivity index (χ1) is 23.0. The van der Waals surface area contributed by atoms with Crippen LogP contribution in [0.3, 0.4) is 0 Å². The molecule has 4 aromatic rings. The van der Waals surface area contributed by atoms with Gasteiger partial charge in [0.1, 0.15) is 35.9 Å². The van der Waals surface area contributed by atoms with Crippen molar-refractivity contribution in [1.82, 2.24) is 30.0 Å². The molecule has 6 aliphatic rings. The van der Waals surface area contributed by atoms with Gasteiger partial charge < -0.3 is 23.8 Å². The summed E-state index contributed by atoms with van der Waals surface area (Å²) in [5.41, 5.74) is 3.32. The Balaban J connectivity index is 1.22. The van der Waals surface area contributed by atoms with Gasteiger partial charge >= 0.3 is 12.2 Å². The van der Waals surface area contributed by atoms with Crippen LogP contribution in [0.2, 0.25) is 0 Å². The number of benzene rings is 1.